The van der Waals surface area contributed by atoms with Gasteiger partial charge >= 0.3 is 0 Å². The van der Waals surface area contributed by atoms with Gasteiger partial charge in [-0.05, 0) is 130 Å². The average molecular weight is 859 g/mol. The zero-order chi connectivity index (χ0) is 43.4. The van der Waals surface area contributed by atoms with Gasteiger partial charge in [0, 0.05) is 7.05 Å². The smallest absolute Gasteiger partial charge is 0.246 e. The van der Waals surface area contributed by atoms with Crippen LogP contribution in [-0.4, -0.2) is 80.7 Å². The fourth-order valence-electron chi connectivity index (χ4n) is 11.3. The quantitative estimate of drug-likeness (QED) is 0.253. The van der Waals surface area contributed by atoms with Crippen LogP contribution in [0.1, 0.15) is 201 Å². The first-order valence-corrected chi connectivity index (χ1v) is 24.1. The summed E-state index contributed by atoms with van der Waals surface area (Å²) in [6.45, 7) is 13.4. The summed E-state index contributed by atoms with van der Waals surface area (Å²) in [5, 5.41) is 7.77. The van der Waals surface area contributed by atoms with Gasteiger partial charge in [-0.25, -0.2) is 0 Å². The van der Waals surface area contributed by atoms with E-state index >= 15 is 0 Å². The second-order valence-electron chi connectivity index (χ2n) is 21.1. The van der Waals surface area contributed by atoms with Crippen LogP contribution < -0.4 is 5.32 Å². The Morgan fingerprint density at radius 3 is 1.37 bits per heavy atom. The van der Waals surface area contributed by atoms with Gasteiger partial charge < -0.3 is 19.7 Å². The minimum Gasteiger partial charge on any atom is -0.373 e. The molecule has 2 heterocycles. The minimum atomic E-state index is -0.537. The number of amides is 2. The molecule has 2 unspecified atom stereocenters. The number of likely N-dealkylation sites (N-methyl/N-ethyl adjacent to an activating group) is 1. The number of carbonyl (C=O) groups excluding carboxylic acids is 2. The van der Waals surface area contributed by atoms with E-state index in [4.69, 9.17) is 19.1 Å². The lowest BCUT2D eigenvalue weighted by Gasteiger charge is -2.49. The second kappa shape index (κ2) is 20.1. The van der Waals surface area contributed by atoms with Crippen molar-refractivity contribution < 1.29 is 28.7 Å². The molecule has 10 heteroatoms. The van der Waals surface area contributed by atoms with E-state index in [2.05, 4.69) is 93.4 Å². The molecule has 4 saturated carbocycles. The Hall–Kier alpha value is -2.86. The topological polar surface area (TPSA) is 92.8 Å². The molecule has 0 bridgehead atoms. The van der Waals surface area contributed by atoms with Crippen molar-refractivity contribution >= 4 is 11.8 Å². The van der Waals surface area contributed by atoms with Gasteiger partial charge in [0.1, 0.15) is 34.6 Å². The lowest BCUT2D eigenvalue weighted by atomic mass is 9.80. The normalized spacial score (nSPS) is 24.4. The number of nitrogens with one attached hydrogen (secondary N) is 1. The molecule has 0 aromatic heterocycles. The molecule has 62 heavy (non-hydrogen) atoms. The maximum absolute atomic E-state index is 13.8. The molecule has 4 spiro atoms. The molecule has 2 atom stereocenters. The molecular formula is C52H82N4O6. The average Bonchev–Trinajstić information content (AvgIpc) is 3.54. The van der Waals surface area contributed by atoms with Crippen LogP contribution in [0, 0.1) is 0 Å². The first kappa shape index (κ1) is 48.6. The molecule has 2 aliphatic heterocycles. The SMILES string of the molecule is C.CC(C)(C)OCC(ON1C2(CCCCC2)NC(=O)C12CCCCC2)c1ccccc1.CN1C(=O)C2(CCCCC2)N(OC(COC(C)(C)C)c2ccccc2)C12CCCCC2. The van der Waals surface area contributed by atoms with Crippen LogP contribution in [0.25, 0.3) is 0 Å². The van der Waals surface area contributed by atoms with Gasteiger partial charge in [0.05, 0.1) is 24.4 Å². The second-order valence-corrected chi connectivity index (χ2v) is 21.1. The Morgan fingerprint density at radius 1 is 0.548 bits per heavy atom. The van der Waals surface area contributed by atoms with Crippen LogP contribution in [-0.2, 0) is 28.7 Å². The highest BCUT2D eigenvalue weighted by Crippen LogP contribution is 2.53. The molecule has 8 rings (SSSR count). The van der Waals surface area contributed by atoms with Crippen molar-refractivity contribution in [2.24, 2.45) is 0 Å². The van der Waals surface area contributed by atoms with Crippen molar-refractivity contribution in [3.05, 3.63) is 71.8 Å². The van der Waals surface area contributed by atoms with Crippen LogP contribution in [0.2, 0.25) is 0 Å². The van der Waals surface area contributed by atoms with E-state index in [1.165, 1.54) is 25.7 Å². The van der Waals surface area contributed by atoms with Crippen molar-refractivity contribution in [2.75, 3.05) is 20.3 Å². The highest BCUT2D eigenvalue weighted by molar-refractivity contribution is 5.90. The fourth-order valence-corrected chi connectivity index (χ4v) is 11.3. The molecular weight excluding hydrogens is 777 g/mol. The number of hydroxylamine groups is 4. The van der Waals surface area contributed by atoms with Crippen LogP contribution >= 0.6 is 0 Å². The Bertz CT molecular complexity index is 1720. The van der Waals surface area contributed by atoms with E-state index in [0.717, 1.165) is 114 Å². The molecule has 6 aliphatic rings. The predicted molar refractivity (Wildman–Crippen MR) is 247 cm³/mol. The summed E-state index contributed by atoms with van der Waals surface area (Å²) >= 11 is 0. The summed E-state index contributed by atoms with van der Waals surface area (Å²) < 4.78 is 12.4. The summed E-state index contributed by atoms with van der Waals surface area (Å²) in [7, 11) is 2.01. The summed E-state index contributed by atoms with van der Waals surface area (Å²) in [5.74, 6) is 0.435. The van der Waals surface area contributed by atoms with E-state index in [9.17, 15) is 9.59 Å². The maximum Gasteiger partial charge on any atom is 0.246 e. The first-order valence-electron chi connectivity index (χ1n) is 24.1. The van der Waals surface area contributed by atoms with Crippen LogP contribution in [0.15, 0.2) is 60.7 Å². The predicted octanol–water partition coefficient (Wildman–Crippen LogP) is 11.5. The van der Waals surface area contributed by atoms with Crippen molar-refractivity contribution in [1.82, 2.24) is 20.3 Å². The molecule has 2 amide bonds. The zero-order valence-electron chi connectivity index (χ0n) is 38.8. The summed E-state index contributed by atoms with van der Waals surface area (Å²) in [6.07, 6.45) is 20.7. The molecule has 346 valence electrons. The fraction of sp³-hybridized carbons (Fsp3) is 0.731. The molecule has 6 fully saturated rings. The third kappa shape index (κ3) is 10.3. The lowest BCUT2D eigenvalue weighted by molar-refractivity contribution is -0.314. The van der Waals surface area contributed by atoms with Crippen molar-refractivity contribution in [2.45, 2.75) is 223 Å². The van der Waals surface area contributed by atoms with Gasteiger partial charge in [-0.1, -0.05) is 119 Å². The number of hydrogen-bond acceptors (Lipinski definition) is 8. The molecule has 2 aromatic rings. The molecule has 0 radical (unpaired) electrons. The van der Waals surface area contributed by atoms with Gasteiger partial charge in [-0.3, -0.25) is 19.3 Å². The van der Waals surface area contributed by atoms with Crippen LogP contribution in [0.5, 0.6) is 0 Å². The number of hydrogen-bond donors (Lipinski definition) is 1. The Kier molecular flexibility index (Phi) is 15.8. The third-order valence-corrected chi connectivity index (χ3v) is 14.5. The van der Waals surface area contributed by atoms with E-state index < -0.39 is 11.1 Å². The Morgan fingerprint density at radius 2 is 0.935 bits per heavy atom. The molecule has 1 N–H and O–H groups in total. The standard InChI is InChI=1S/C26H40N2O3.C25H38N2O3.CH4/c1-24(2,3)30-20-22(21-14-8-5-9-15-21)31-28-25(16-10-6-11-17-25)23(29)27(4)26(28)18-12-7-13-19-26;1-23(2,3)29-19-21(20-13-7-4-8-14-20)30-27-24(15-9-5-10-16-24)22(28)26-25(27)17-11-6-12-18-25;/h5,8-9,14-15,22H,6-7,10-13,16-20H2,1-4H3;4,7-8,13-14,21H,5-6,9-12,15-19H2,1-3H3,(H,26,28);1H4. The highest BCUT2D eigenvalue weighted by Gasteiger charge is 2.65. The van der Waals surface area contributed by atoms with Crippen molar-refractivity contribution in [3.63, 3.8) is 0 Å². The summed E-state index contributed by atoms with van der Waals surface area (Å²) in [6, 6.07) is 20.7. The van der Waals surface area contributed by atoms with E-state index in [0.29, 0.717) is 13.2 Å². The third-order valence-electron chi connectivity index (χ3n) is 14.5. The van der Waals surface area contributed by atoms with Crippen LogP contribution in [0.3, 0.4) is 0 Å². The largest absolute Gasteiger partial charge is 0.373 e. The monoisotopic (exact) mass is 859 g/mol. The van der Waals surface area contributed by atoms with Crippen LogP contribution in [0.4, 0.5) is 0 Å². The van der Waals surface area contributed by atoms with E-state index in [1.807, 2.05) is 36.2 Å². The lowest BCUT2D eigenvalue weighted by Crippen LogP contribution is -2.59. The number of nitrogens with zero attached hydrogens (tertiary/aromatic N) is 3. The highest BCUT2D eigenvalue weighted by atomic mass is 16.7. The van der Waals surface area contributed by atoms with E-state index in [1.54, 1.807) is 0 Å². The van der Waals surface area contributed by atoms with Crippen molar-refractivity contribution in [3.8, 4) is 0 Å². The number of carbonyl (C=O) groups is 2. The number of benzene rings is 2. The minimum absolute atomic E-state index is 0. The van der Waals surface area contributed by atoms with Gasteiger partial charge in [0.25, 0.3) is 0 Å². The molecule has 10 nitrogen and oxygen atoms in total. The zero-order valence-corrected chi connectivity index (χ0v) is 38.8. The Labute approximate surface area is 375 Å². The van der Waals surface area contributed by atoms with Crippen molar-refractivity contribution in [1.29, 1.82) is 0 Å². The molecule has 2 aromatic carbocycles. The van der Waals surface area contributed by atoms with Gasteiger partial charge in [0.15, 0.2) is 0 Å². The van der Waals surface area contributed by atoms with Gasteiger partial charge in [0.2, 0.25) is 11.8 Å². The van der Waals surface area contributed by atoms with Gasteiger partial charge in [-0.15, -0.1) is 10.1 Å². The summed E-state index contributed by atoms with van der Waals surface area (Å²) in [4.78, 5) is 43.1. The first-order chi connectivity index (χ1) is 29.1. The molecule has 4 aliphatic carbocycles. The maximum atomic E-state index is 13.8. The Balaban J connectivity index is 0.000000204. The van der Waals surface area contributed by atoms with E-state index in [-0.39, 0.29) is 54.0 Å². The number of ether oxygens (including phenoxy) is 2. The summed E-state index contributed by atoms with van der Waals surface area (Å²) in [5.41, 5.74) is -0.0741. The number of rotatable bonds is 10. The molecule has 2 saturated heterocycles. The van der Waals surface area contributed by atoms with Gasteiger partial charge in [-0.2, -0.15) is 0 Å².